The van der Waals surface area contributed by atoms with Crippen molar-refractivity contribution in [3.05, 3.63) is 18.2 Å². The molecular weight excluding hydrogens is 280 g/mol. The molecule has 114 valence electrons. The number of hydrogen-bond donors (Lipinski definition) is 1. The van der Waals surface area contributed by atoms with Gasteiger partial charge in [0.2, 0.25) is 0 Å². The maximum Gasteiger partial charge on any atom is 0.0860 e. The van der Waals surface area contributed by atoms with Crippen LogP contribution >= 0.6 is 11.8 Å². The summed E-state index contributed by atoms with van der Waals surface area (Å²) in [7, 11) is 2.26. The van der Waals surface area contributed by atoms with Crippen LogP contribution in [0, 0.1) is 0 Å². The summed E-state index contributed by atoms with van der Waals surface area (Å²) in [5.74, 6) is 1.16. The molecular formula is C16H24N4S. The molecule has 0 bridgehead atoms. The van der Waals surface area contributed by atoms with Gasteiger partial charge in [-0.25, -0.2) is 4.99 Å². The molecule has 0 radical (unpaired) electrons. The number of nitrogens with two attached hydrogens (primary N) is 1. The van der Waals surface area contributed by atoms with Crippen LogP contribution in [-0.2, 0) is 0 Å². The molecule has 2 aliphatic heterocycles. The van der Waals surface area contributed by atoms with Gasteiger partial charge in [-0.1, -0.05) is 0 Å². The highest BCUT2D eigenvalue weighted by Crippen LogP contribution is 2.37. The Morgan fingerprint density at radius 1 is 1.43 bits per heavy atom. The van der Waals surface area contributed by atoms with Crippen LogP contribution in [0.3, 0.4) is 0 Å². The minimum absolute atomic E-state index is 0.768. The summed E-state index contributed by atoms with van der Waals surface area (Å²) in [4.78, 5) is 10.6. The lowest BCUT2D eigenvalue weighted by molar-refractivity contribution is 0.298. The van der Waals surface area contributed by atoms with Gasteiger partial charge in [0.05, 0.1) is 17.7 Å². The topological polar surface area (TPSA) is 44.9 Å². The number of fused-ring (bicyclic) bond motifs is 1. The number of thioether (sulfide) groups is 1. The number of hydrogen-bond acceptors (Lipinski definition) is 4. The molecule has 4 nitrogen and oxygen atoms in total. The Morgan fingerprint density at radius 3 is 3.10 bits per heavy atom. The van der Waals surface area contributed by atoms with Crippen molar-refractivity contribution in [1.29, 1.82) is 0 Å². The van der Waals surface area contributed by atoms with E-state index in [1.165, 1.54) is 42.7 Å². The monoisotopic (exact) mass is 304 g/mol. The molecule has 2 heterocycles. The van der Waals surface area contributed by atoms with Gasteiger partial charge in [-0.15, -0.1) is 11.8 Å². The number of nitrogens with zero attached hydrogens (tertiary/aromatic N) is 3. The summed E-state index contributed by atoms with van der Waals surface area (Å²) >= 11 is 1.92. The lowest BCUT2D eigenvalue weighted by Crippen LogP contribution is -2.34. The molecule has 5 heteroatoms. The minimum atomic E-state index is 0.768. The van der Waals surface area contributed by atoms with E-state index in [-0.39, 0.29) is 0 Å². The van der Waals surface area contributed by atoms with E-state index < -0.39 is 0 Å². The van der Waals surface area contributed by atoms with E-state index in [1.54, 1.807) is 0 Å². The zero-order valence-corrected chi connectivity index (χ0v) is 13.5. The Kier molecular flexibility index (Phi) is 4.70. The first-order chi connectivity index (χ1) is 10.3. The largest absolute Gasteiger partial charge is 0.390 e. The summed E-state index contributed by atoms with van der Waals surface area (Å²) in [5, 5.41) is 0. The van der Waals surface area contributed by atoms with Crippen LogP contribution < -0.4 is 10.6 Å². The van der Waals surface area contributed by atoms with E-state index in [2.05, 4.69) is 40.0 Å². The summed E-state index contributed by atoms with van der Waals surface area (Å²) in [6.07, 6.45) is 5.34. The predicted molar refractivity (Wildman–Crippen MR) is 92.0 cm³/mol. The minimum Gasteiger partial charge on any atom is -0.390 e. The molecule has 2 aliphatic rings. The van der Waals surface area contributed by atoms with Gasteiger partial charge in [0.1, 0.15) is 0 Å². The molecule has 2 N–H and O–H groups in total. The third-order valence-electron chi connectivity index (χ3n) is 4.53. The number of likely N-dealkylation sites (tertiary alicyclic amines) is 1. The van der Waals surface area contributed by atoms with Gasteiger partial charge in [0.25, 0.3) is 0 Å². The molecule has 0 aromatic heterocycles. The molecule has 1 aromatic carbocycles. The third kappa shape index (κ3) is 3.35. The molecule has 21 heavy (non-hydrogen) atoms. The van der Waals surface area contributed by atoms with Gasteiger partial charge < -0.3 is 15.5 Å². The number of anilines is 1. The van der Waals surface area contributed by atoms with Crippen LogP contribution in [0.15, 0.2) is 28.1 Å². The Labute approximate surface area is 131 Å². The van der Waals surface area contributed by atoms with Crippen molar-refractivity contribution < 1.29 is 0 Å². The molecule has 0 amide bonds. The fourth-order valence-corrected chi connectivity index (χ4v) is 4.39. The molecule has 1 aromatic rings. The van der Waals surface area contributed by atoms with Crippen LogP contribution in [0.25, 0.3) is 0 Å². The van der Waals surface area contributed by atoms with Crippen LogP contribution in [-0.4, -0.2) is 49.7 Å². The van der Waals surface area contributed by atoms with Crippen molar-refractivity contribution >= 4 is 29.5 Å². The average Bonchev–Trinajstić information content (AvgIpc) is 2.90. The number of benzene rings is 1. The van der Waals surface area contributed by atoms with E-state index >= 15 is 0 Å². The SMILES string of the molecule is CN1CCCC1CCN1CCSc2cc(N=CN)ccc21. The van der Waals surface area contributed by atoms with E-state index in [9.17, 15) is 0 Å². The Balaban J connectivity index is 1.68. The molecule has 1 atom stereocenters. The summed E-state index contributed by atoms with van der Waals surface area (Å²) in [6.45, 7) is 3.56. The van der Waals surface area contributed by atoms with Crippen LogP contribution in [0.1, 0.15) is 19.3 Å². The highest BCUT2D eigenvalue weighted by Gasteiger charge is 2.23. The van der Waals surface area contributed by atoms with Crippen molar-refractivity contribution in [1.82, 2.24) is 4.90 Å². The van der Waals surface area contributed by atoms with Gasteiger partial charge in [-0.2, -0.15) is 0 Å². The van der Waals surface area contributed by atoms with Crippen molar-refractivity contribution in [3.8, 4) is 0 Å². The van der Waals surface area contributed by atoms with Crippen LogP contribution in [0.5, 0.6) is 0 Å². The summed E-state index contributed by atoms with van der Waals surface area (Å²) in [5.41, 5.74) is 7.69. The van der Waals surface area contributed by atoms with Crippen LogP contribution in [0.4, 0.5) is 11.4 Å². The van der Waals surface area contributed by atoms with Gasteiger partial charge in [0, 0.05) is 29.8 Å². The first-order valence-electron chi connectivity index (χ1n) is 7.74. The van der Waals surface area contributed by atoms with Crippen molar-refractivity contribution in [3.63, 3.8) is 0 Å². The highest BCUT2D eigenvalue weighted by molar-refractivity contribution is 7.99. The molecule has 1 saturated heterocycles. The van der Waals surface area contributed by atoms with Crippen molar-refractivity contribution in [2.45, 2.75) is 30.2 Å². The maximum atomic E-state index is 5.38. The second-order valence-corrected chi connectivity index (χ2v) is 6.97. The molecule has 1 fully saturated rings. The van der Waals surface area contributed by atoms with Gasteiger partial charge >= 0.3 is 0 Å². The maximum absolute atomic E-state index is 5.38. The molecule has 0 aliphatic carbocycles. The van der Waals surface area contributed by atoms with Gasteiger partial charge in [-0.3, -0.25) is 0 Å². The lowest BCUT2D eigenvalue weighted by atomic mass is 10.1. The van der Waals surface area contributed by atoms with E-state index in [0.29, 0.717) is 0 Å². The molecule has 0 saturated carbocycles. The van der Waals surface area contributed by atoms with Gasteiger partial charge in [-0.05, 0) is 51.1 Å². The molecule has 0 spiro atoms. The number of rotatable bonds is 4. The third-order valence-corrected chi connectivity index (χ3v) is 5.55. The zero-order chi connectivity index (χ0) is 14.7. The first-order valence-corrected chi connectivity index (χ1v) is 8.73. The van der Waals surface area contributed by atoms with E-state index in [0.717, 1.165) is 30.6 Å². The molecule has 1 unspecified atom stereocenters. The zero-order valence-electron chi connectivity index (χ0n) is 12.7. The first kappa shape index (κ1) is 14.7. The lowest BCUT2D eigenvalue weighted by Gasteiger charge is -2.32. The van der Waals surface area contributed by atoms with E-state index in [4.69, 9.17) is 5.73 Å². The normalized spacial score (nSPS) is 22.9. The van der Waals surface area contributed by atoms with Crippen molar-refractivity contribution in [2.75, 3.05) is 37.3 Å². The fraction of sp³-hybridized carbons (Fsp3) is 0.562. The Hall–Kier alpha value is -1.20. The Bertz CT molecular complexity index is 517. The number of aliphatic imine (C=N–C) groups is 1. The average molecular weight is 304 g/mol. The highest BCUT2D eigenvalue weighted by atomic mass is 32.2. The fourth-order valence-electron chi connectivity index (χ4n) is 3.31. The van der Waals surface area contributed by atoms with Gasteiger partial charge in [0.15, 0.2) is 0 Å². The quantitative estimate of drug-likeness (QED) is 0.686. The van der Waals surface area contributed by atoms with E-state index in [1.807, 2.05) is 11.8 Å². The standard InChI is InChI=1S/C16H24N4S/c1-19-7-2-3-14(19)6-8-20-9-10-21-16-11-13(18-12-17)4-5-15(16)20/h4-5,11-12,14H,2-3,6-10H2,1H3,(H2,17,18). The van der Waals surface area contributed by atoms with Crippen molar-refractivity contribution in [2.24, 2.45) is 10.7 Å². The second kappa shape index (κ2) is 6.71. The second-order valence-electron chi connectivity index (χ2n) is 5.83. The van der Waals surface area contributed by atoms with Crippen LogP contribution in [0.2, 0.25) is 0 Å². The summed E-state index contributed by atoms with van der Waals surface area (Å²) in [6, 6.07) is 7.17. The Morgan fingerprint density at radius 2 is 2.33 bits per heavy atom. The predicted octanol–water partition coefficient (Wildman–Crippen LogP) is 2.70. The summed E-state index contributed by atoms with van der Waals surface area (Å²) < 4.78 is 0. The molecule has 3 rings (SSSR count). The smallest absolute Gasteiger partial charge is 0.0860 e.